The predicted octanol–water partition coefficient (Wildman–Crippen LogP) is 2.76. The molecule has 0 bridgehead atoms. The SMILES string of the molecule is C/C=[N+](\[Si](C)C)[Si](C)C(C)(C)C. The first-order valence-electron chi connectivity index (χ1n) is 4.53. The second-order valence-corrected chi connectivity index (χ2v) is 10.4. The van der Waals surface area contributed by atoms with Gasteiger partial charge in [-0.05, 0) is 19.6 Å². The molecule has 0 saturated carbocycles. The van der Waals surface area contributed by atoms with Crippen LogP contribution in [-0.4, -0.2) is 28.0 Å². The second kappa shape index (κ2) is 4.37. The van der Waals surface area contributed by atoms with E-state index in [-0.39, 0.29) is 17.9 Å². The molecule has 0 aliphatic carbocycles. The van der Waals surface area contributed by atoms with E-state index in [2.05, 4.69) is 57.5 Å². The molecule has 0 aromatic rings. The van der Waals surface area contributed by atoms with Crippen LogP contribution < -0.4 is 0 Å². The molecular formula is C9H22NSi2+. The van der Waals surface area contributed by atoms with Gasteiger partial charge in [0.2, 0.25) is 0 Å². The van der Waals surface area contributed by atoms with Crippen molar-refractivity contribution in [2.75, 3.05) is 0 Å². The van der Waals surface area contributed by atoms with Crippen LogP contribution >= 0.6 is 0 Å². The highest BCUT2D eigenvalue weighted by Crippen LogP contribution is 2.27. The van der Waals surface area contributed by atoms with Crippen LogP contribution in [0, 0.1) is 0 Å². The van der Waals surface area contributed by atoms with Crippen LogP contribution in [0.4, 0.5) is 0 Å². The molecule has 2 radical (unpaired) electrons. The van der Waals surface area contributed by atoms with Gasteiger partial charge in [-0.25, -0.2) is 0 Å². The molecule has 0 aromatic heterocycles. The zero-order valence-corrected chi connectivity index (χ0v) is 11.5. The Morgan fingerprint density at radius 2 is 1.50 bits per heavy atom. The van der Waals surface area contributed by atoms with Gasteiger partial charge in [0, 0.05) is 12.0 Å². The first kappa shape index (κ1) is 12.1. The molecule has 0 atom stereocenters. The maximum Gasteiger partial charge on any atom is 0.397 e. The van der Waals surface area contributed by atoms with Gasteiger partial charge in [-0.3, -0.25) is 0 Å². The van der Waals surface area contributed by atoms with E-state index >= 15 is 0 Å². The Hall–Kier alpha value is 0.104. The minimum atomic E-state index is -0.371. The van der Waals surface area contributed by atoms with E-state index < -0.39 is 0 Å². The van der Waals surface area contributed by atoms with Gasteiger partial charge in [-0.15, -0.1) is 0 Å². The summed E-state index contributed by atoms with van der Waals surface area (Å²) in [5.41, 5.74) is 0. The fourth-order valence-electron chi connectivity index (χ4n) is 1.15. The summed E-state index contributed by atoms with van der Waals surface area (Å²) in [7, 11) is -0.653. The third kappa shape index (κ3) is 3.23. The normalized spacial score (nSPS) is 14.6. The first-order valence-corrected chi connectivity index (χ1v) is 8.93. The summed E-state index contributed by atoms with van der Waals surface area (Å²) < 4.78 is 2.62. The molecule has 0 unspecified atom stereocenters. The molecule has 0 fully saturated rings. The van der Waals surface area contributed by atoms with E-state index in [1.807, 2.05) is 0 Å². The molecule has 0 spiro atoms. The van der Waals surface area contributed by atoms with E-state index in [0.29, 0.717) is 5.04 Å². The van der Waals surface area contributed by atoms with Crippen LogP contribution in [0.5, 0.6) is 0 Å². The summed E-state index contributed by atoms with van der Waals surface area (Å²) in [6.45, 7) is 16.4. The summed E-state index contributed by atoms with van der Waals surface area (Å²) in [4.78, 5) is 0. The van der Waals surface area contributed by atoms with Crippen LogP contribution in [0.1, 0.15) is 27.7 Å². The van der Waals surface area contributed by atoms with E-state index in [1.165, 1.54) is 0 Å². The van der Waals surface area contributed by atoms with Crippen molar-refractivity contribution in [3.63, 3.8) is 0 Å². The minimum Gasteiger partial charge on any atom is -0.387 e. The highest BCUT2D eigenvalue weighted by atomic mass is 28.3. The summed E-state index contributed by atoms with van der Waals surface area (Å²) in [6.07, 6.45) is 2.29. The predicted molar refractivity (Wildman–Crippen MR) is 60.8 cm³/mol. The van der Waals surface area contributed by atoms with Crippen LogP contribution in [0.25, 0.3) is 0 Å². The Morgan fingerprint density at radius 3 is 1.58 bits per heavy atom. The molecule has 0 aromatic carbocycles. The highest BCUT2D eigenvalue weighted by molar-refractivity contribution is 6.63. The van der Waals surface area contributed by atoms with Gasteiger partial charge in [0.15, 0.2) is 0 Å². The lowest BCUT2D eigenvalue weighted by atomic mass is 10.3. The van der Waals surface area contributed by atoms with Crippen molar-refractivity contribution in [2.24, 2.45) is 0 Å². The topological polar surface area (TPSA) is 3.01 Å². The van der Waals surface area contributed by atoms with Gasteiger partial charge < -0.3 is 3.91 Å². The molecule has 0 aliphatic rings. The molecule has 1 nitrogen and oxygen atoms in total. The molecule has 0 amide bonds. The van der Waals surface area contributed by atoms with Crippen LogP contribution in [0.15, 0.2) is 0 Å². The molecule has 0 rings (SSSR count). The fourth-order valence-corrected chi connectivity index (χ4v) is 6.46. The molecule has 0 saturated heterocycles. The number of hydrogen-bond acceptors (Lipinski definition) is 0. The summed E-state index contributed by atoms with van der Waals surface area (Å²) in [5.74, 6) is 0. The Kier molecular flexibility index (Phi) is 4.41. The van der Waals surface area contributed by atoms with Crippen LogP contribution in [-0.2, 0) is 0 Å². The molecule has 3 heteroatoms. The molecule has 0 N–H and O–H groups in total. The van der Waals surface area contributed by atoms with Crippen molar-refractivity contribution in [3.05, 3.63) is 0 Å². The quantitative estimate of drug-likeness (QED) is 0.476. The standard InChI is InChI=1S/C9H22NSi2/c1-8-10(11(5)6)12(7)9(2,3)4/h8H,1-7H3/q+1/b10-8+. The lowest BCUT2D eigenvalue weighted by molar-refractivity contribution is -0.227. The monoisotopic (exact) mass is 200 g/mol. The maximum absolute atomic E-state index is 2.62. The summed E-state index contributed by atoms with van der Waals surface area (Å²) >= 11 is 0. The van der Waals surface area contributed by atoms with Crippen molar-refractivity contribution < 1.29 is 3.91 Å². The lowest BCUT2D eigenvalue weighted by Crippen LogP contribution is -2.42. The fraction of sp³-hybridized carbons (Fsp3) is 0.889. The van der Waals surface area contributed by atoms with Crippen molar-refractivity contribution in [1.29, 1.82) is 0 Å². The zero-order valence-electron chi connectivity index (χ0n) is 9.52. The molecule has 12 heavy (non-hydrogen) atoms. The maximum atomic E-state index is 2.62. The van der Waals surface area contributed by atoms with Crippen LogP contribution in [0.3, 0.4) is 0 Å². The highest BCUT2D eigenvalue weighted by Gasteiger charge is 2.37. The van der Waals surface area contributed by atoms with E-state index in [1.54, 1.807) is 0 Å². The Balaban J connectivity index is 4.56. The largest absolute Gasteiger partial charge is 0.397 e. The van der Waals surface area contributed by atoms with Crippen LogP contribution in [0.2, 0.25) is 24.7 Å². The van der Waals surface area contributed by atoms with Gasteiger partial charge in [-0.1, -0.05) is 20.8 Å². The van der Waals surface area contributed by atoms with Crippen molar-refractivity contribution in [2.45, 2.75) is 52.4 Å². The van der Waals surface area contributed by atoms with E-state index in [4.69, 9.17) is 0 Å². The Bertz CT molecular complexity index is 168. The van der Waals surface area contributed by atoms with E-state index in [0.717, 1.165) is 0 Å². The van der Waals surface area contributed by atoms with Crippen molar-refractivity contribution in [3.8, 4) is 0 Å². The smallest absolute Gasteiger partial charge is 0.387 e. The van der Waals surface area contributed by atoms with E-state index in [9.17, 15) is 0 Å². The van der Waals surface area contributed by atoms with Gasteiger partial charge in [0.25, 0.3) is 0 Å². The number of hydrogen-bond donors (Lipinski definition) is 0. The third-order valence-corrected chi connectivity index (χ3v) is 8.91. The lowest BCUT2D eigenvalue weighted by Gasteiger charge is -2.22. The third-order valence-electron chi connectivity index (χ3n) is 2.19. The van der Waals surface area contributed by atoms with Crippen molar-refractivity contribution in [1.82, 2.24) is 0 Å². The summed E-state index contributed by atoms with van der Waals surface area (Å²) in [6, 6.07) is 0. The van der Waals surface area contributed by atoms with Gasteiger partial charge in [0.05, 0.1) is 6.21 Å². The molecule has 70 valence electrons. The Morgan fingerprint density at radius 1 is 1.08 bits per heavy atom. The molecule has 0 heterocycles. The first-order chi connectivity index (χ1) is 5.30. The van der Waals surface area contributed by atoms with Gasteiger partial charge in [0.1, 0.15) is 0 Å². The van der Waals surface area contributed by atoms with Gasteiger partial charge in [-0.2, -0.15) is 0 Å². The Labute approximate surface area is 80.9 Å². The minimum absolute atomic E-state index is 0.282. The average Bonchev–Trinajstić information content (AvgIpc) is 1.86. The van der Waals surface area contributed by atoms with Gasteiger partial charge >= 0.3 is 17.9 Å². The average molecular weight is 200 g/mol. The second-order valence-electron chi connectivity index (χ2n) is 4.41. The number of nitrogens with zero attached hydrogens (tertiary/aromatic N) is 1. The molecular weight excluding hydrogens is 178 g/mol. The van der Waals surface area contributed by atoms with Crippen molar-refractivity contribution >= 4 is 24.1 Å². The summed E-state index contributed by atoms with van der Waals surface area (Å²) in [5, 5.41) is 0.485. The zero-order chi connectivity index (χ0) is 9.94. The number of rotatable bonds is 2. The molecule has 0 aliphatic heterocycles.